The van der Waals surface area contributed by atoms with Crippen LogP contribution in [0.25, 0.3) is 10.8 Å². The van der Waals surface area contributed by atoms with Crippen molar-refractivity contribution >= 4 is 16.5 Å². The van der Waals surface area contributed by atoms with E-state index in [2.05, 4.69) is 5.29 Å². The summed E-state index contributed by atoms with van der Waals surface area (Å²) in [5.74, 6) is 0. The Balaban J connectivity index is 2.38. The SMILES string of the molecule is C/C=C/C(O)ON(N=O)c1cccc2ccccc12. The van der Waals surface area contributed by atoms with Gasteiger partial charge in [0.25, 0.3) is 0 Å². The van der Waals surface area contributed by atoms with Crippen LogP contribution in [0.2, 0.25) is 0 Å². The van der Waals surface area contributed by atoms with Crippen LogP contribution in [0.5, 0.6) is 0 Å². The number of anilines is 1. The van der Waals surface area contributed by atoms with Crippen molar-refractivity contribution < 1.29 is 9.94 Å². The van der Waals surface area contributed by atoms with Crippen LogP contribution in [0.3, 0.4) is 0 Å². The van der Waals surface area contributed by atoms with Gasteiger partial charge in [0.15, 0.2) is 0 Å². The van der Waals surface area contributed by atoms with Crippen LogP contribution in [0, 0.1) is 4.91 Å². The van der Waals surface area contributed by atoms with E-state index in [1.165, 1.54) is 6.08 Å². The second-order valence-electron chi connectivity index (χ2n) is 3.87. The van der Waals surface area contributed by atoms with Crippen LogP contribution in [0.15, 0.2) is 59.9 Å². The topological polar surface area (TPSA) is 62.1 Å². The number of rotatable bonds is 5. The molecule has 0 saturated heterocycles. The third-order valence-electron chi connectivity index (χ3n) is 2.61. The monoisotopic (exact) mass is 258 g/mol. The maximum atomic E-state index is 10.9. The van der Waals surface area contributed by atoms with Gasteiger partial charge in [0.1, 0.15) is 5.69 Å². The highest BCUT2D eigenvalue weighted by atomic mass is 16.8. The van der Waals surface area contributed by atoms with Crippen molar-refractivity contribution in [1.82, 2.24) is 0 Å². The van der Waals surface area contributed by atoms with Crippen LogP contribution in [0.4, 0.5) is 5.69 Å². The van der Waals surface area contributed by atoms with Gasteiger partial charge in [0.2, 0.25) is 6.29 Å². The molecule has 0 spiro atoms. The number of hydrogen-bond donors (Lipinski definition) is 1. The van der Waals surface area contributed by atoms with E-state index in [4.69, 9.17) is 4.84 Å². The Morgan fingerprint density at radius 1 is 1.26 bits per heavy atom. The molecule has 0 saturated carbocycles. The summed E-state index contributed by atoms with van der Waals surface area (Å²) in [6.45, 7) is 1.74. The standard InChI is InChI=1S/C14H14N2O3/c1-2-6-14(17)19-16(15-18)13-10-5-8-11-7-3-4-9-12(11)13/h2-10,14,17H,1H3/b6-2+. The van der Waals surface area contributed by atoms with E-state index in [1.54, 1.807) is 25.1 Å². The number of fused-ring (bicyclic) bond motifs is 1. The minimum absolute atomic E-state index is 0.483. The van der Waals surface area contributed by atoms with Crippen molar-refractivity contribution in [3.63, 3.8) is 0 Å². The van der Waals surface area contributed by atoms with E-state index in [0.29, 0.717) is 5.69 Å². The molecular formula is C14H14N2O3. The van der Waals surface area contributed by atoms with Crippen LogP contribution < -0.4 is 5.17 Å². The van der Waals surface area contributed by atoms with Gasteiger partial charge in [-0.3, -0.25) is 0 Å². The summed E-state index contributed by atoms with van der Waals surface area (Å²) < 4.78 is 0. The molecule has 1 N–H and O–H groups in total. The summed E-state index contributed by atoms with van der Waals surface area (Å²) in [5, 5.41) is 14.9. The smallest absolute Gasteiger partial charge is 0.202 e. The maximum absolute atomic E-state index is 10.9. The van der Waals surface area contributed by atoms with Gasteiger partial charge in [0.05, 0.1) is 5.29 Å². The summed E-state index contributed by atoms with van der Waals surface area (Å²) in [6, 6.07) is 13.0. The van der Waals surface area contributed by atoms with Crippen LogP contribution in [-0.4, -0.2) is 11.4 Å². The first kappa shape index (κ1) is 13.2. The van der Waals surface area contributed by atoms with Gasteiger partial charge in [0, 0.05) is 5.39 Å². The van der Waals surface area contributed by atoms with Crippen molar-refractivity contribution in [2.45, 2.75) is 13.2 Å². The Morgan fingerprint density at radius 2 is 2.00 bits per heavy atom. The Labute approximate surface area is 110 Å². The fourth-order valence-electron chi connectivity index (χ4n) is 1.80. The van der Waals surface area contributed by atoms with Gasteiger partial charge in [-0.15, -0.1) is 4.91 Å². The average molecular weight is 258 g/mol. The van der Waals surface area contributed by atoms with E-state index >= 15 is 0 Å². The van der Waals surface area contributed by atoms with Gasteiger partial charge in [-0.05, 0) is 24.5 Å². The fraction of sp³-hybridized carbons (Fsp3) is 0.143. The molecular weight excluding hydrogens is 244 g/mol. The second kappa shape index (κ2) is 6.08. The number of aliphatic hydroxyl groups is 1. The minimum atomic E-state index is -1.22. The molecule has 2 aromatic rings. The van der Waals surface area contributed by atoms with Gasteiger partial charge < -0.3 is 5.11 Å². The van der Waals surface area contributed by atoms with E-state index in [1.807, 2.05) is 30.3 Å². The lowest BCUT2D eigenvalue weighted by Crippen LogP contribution is -2.23. The molecule has 98 valence electrons. The predicted molar refractivity (Wildman–Crippen MR) is 74.1 cm³/mol. The predicted octanol–water partition coefficient (Wildman–Crippen LogP) is 3.15. The zero-order valence-corrected chi connectivity index (χ0v) is 10.4. The summed E-state index contributed by atoms with van der Waals surface area (Å²) in [7, 11) is 0. The largest absolute Gasteiger partial charge is 0.363 e. The molecule has 0 aromatic heterocycles. The molecule has 0 amide bonds. The average Bonchev–Trinajstić information content (AvgIpc) is 2.44. The first-order valence-corrected chi connectivity index (χ1v) is 5.85. The highest BCUT2D eigenvalue weighted by molar-refractivity contribution is 5.93. The Hall–Kier alpha value is -2.24. The number of aliphatic hydroxyl groups excluding tert-OH is 1. The molecule has 1 atom stereocenters. The molecule has 2 rings (SSSR count). The molecule has 0 aliphatic heterocycles. The molecule has 1 unspecified atom stereocenters. The molecule has 0 heterocycles. The van der Waals surface area contributed by atoms with Crippen LogP contribution in [0.1, 0.15) is 6.92 Å². The molecule has 0 radical (unpaired) electrons. The normalized spacial score (nSPS) is 12.7. The first-order chi connectivity index (χ1) is 9.26. The molecule has 5 heteroatoms. The van der Waals surface area contributed by atoms with E-state index in [0.717, 1.165) is 15.9 Å². The molecule has 0 aliphatic carbocycles. The van der Waals surface area contributed by atoms with Crippen molar-refractivity contribution in [2.24, 2.45) is 5.29 Å². The first-order valence-electron chi connectivity index (χ1n) is 5.85. The van der Waals surface area contributed by atoms with Crippen molar-refractivity contribution in [1.29, 1.82) is 0 Å². The Bertz CT molecular complexity index is 593. The molecule has 0 bridgehead atoms. The van der Waals surface area contributed by atoms with Crippen LogP contribution in [-0.2, 0) is 4.84 Å². The Kier molecular flexibility index (Phi) is 4.22. The van der Waals surface area contributed by atoms with Gasteiger partial charge in [-0.25, -0.2) is 4.84 Å². The molecule has 0 aliphatic rings. The summed E-state index contributed by atoms with van der Waals surface area (Å²) in [4.78, 5) is 16.0. The lowest BCUT2D eigenvalue weighted by Gasteiger charge is -2.18. The van der Waals surface area contributed by atoms with E-state index in [9.17, 15) is 10.0 Å². The summed E-state index contributed by atoms with van der Waals surface area (Å²) >= 11 is 0. The lowest BCUT2D eigenvalue weighted by molar-refractivity contribution is -0.0767. The Morgan fingerprint density at radius 3 is 2.74 bits per heavy atom. The molecule has 2 aromatic carbocycles. The molecule has 0 fully saturated rings. The maximum Gasteiger partial charge on any atom is 0.202 e. The fourth-order valence-corrected chi connectivity index (χ4v) is 1.80. The minimum Gasteiger partial charge on any atom is -0.363 e. The zero-order chi connectivity index (χ0) is 13.7. The number of nitrogens with zero attached hydrogens (tertiary/aromatic N) is 2. The third-order valence-corrected chi connectivity index (χ3v) is 2.61. The number of allylic oxidation sites excluding steroid dienone is 1. The third kappa shape index (κ3) is 2.96. The van der Waals surface area contributed by atoms with Gasteiger partial charge in [-0.1, -0.05) is 47.6 Å². The highest BCUT2D eigenvalue weighted by Crippen LogP contribution is 2.27. The summed E-state index contributed by atoms with van der Waals surface area (Å²) in [5.41, 5.74) is 0.483. The molecule has 5 nitrogen and oxygen atoms in total. The number of benzene rings is 2. The zero-order valence-electron chi connectivity index (χ0n) is 10.4. The van der Waals surface area contributed by atoms with E-state index < -0.39 is 6.29 Å². The quantitative estimate of drug-likeness (QED) is 0.387. The summed E-state index contributed by atoms with van der Waals surface area (Å²) in [6.07, 6.45) is 1.81. The van der Waals surface area contributed by atoms with E-state index in [-0.39, 0.29) is 0 Å². The highest BCUT2D eigenvalue weighted by Gasteiger charge is 2.14. The van der Waals surface area contributed by atoms with Crippen molar-refractivity contribution in [2.75, 3.05) is 5.17 Å². The van der Waals surface area contributed by atoms with Gasteiger partial charge >= 0.3 is 0 Å². The van der Waals surface area contributed by atoms with Gasteiger partial charge in [-0.2, -0.15) is 0 Å². The second-order valence-corrected chi connectivity index (χ2v) is 3.87. The van der Waals surface area contributed by atoms with Crippen molar-refractivity contribution in [3.8, 4) is 0 Å². The lowest BCUT2D eigenvalue weighted by atomic mass is 10.1. The number of hydrogen-bond acceptors (Lipinski definition) is 4. The van der Waals surface area contributed by atoms with Crippen LogP contribution >= 0.6 is 0 Å². The van der Waals surface area contributed by atoms with Crippen molar-refractivity contribution in [3.05, 3.63) is 59.5 Å². The molecule has 19 heavy (non-hydrogen) atoms. The number of nitroso groups, excluding NO2 is 1.